The number of pyridine rings is 1. The van der Waals surface area contributed by atoms with Gasteiger partial charge in [0.1, 0.15) is 11.6 Å². The molecule has 7 nitrogen and oxygen atoms in total. The highest BCUT2D eigenvalue weighted by molar-refractivity contribution is 6.63. The topological polar surface area (TPSA) is 95.4 Å². The molecule has 3 N–H and O–H groups in total. The molecule has 32 heavy (non-hydrogen) atoms. The van der Waals surface area contributed by atoms with Gasteiger partial charge >= 0.3 is 7.12 Å². The van der Waals surface area contributed by atoms with E-state index in [9.17, 15) is 0 Å². The summed E-state index contributed by atoms with van der Waals surface area (Å²) in [6.45, 7) is 14.7. The molecule has 0 amide bonds. The second kappa shape index (κ2) is 9.34. The van der Waals surface area contributed by atoms with E-state index in [2.05, 4.69) is 27.6 Å². The minimum atomic E-state index is -0.378. The molecule has 8 heteroatoms. The Morgan fingerprint density at radius 2 is 1.62 bits per heavy atom. The predicted molar refractivity (Wildman–Crippen MR) is 129 cm³/mol. The minimum Gasteiger partial charge on any atom is -0.399 e. The molecule has 0 aliphatic carbocycles. The maximum atomic E-state index is 5.95. The number of hydrogen-bond acceptors (Lipinski definition) is 7. The van der Waals surface area contributed by atoms with Crippen molar-refractivity contribution in [1.29, 1.82) is 0 Å². The molecule has 0 unspecified atom stereocenters. The SMILES string of the molecule is Cc1cnc(N)c(NCc2ccccc2)c1.Cc1noc(C)c1B1OC(C)(C)C(C)(C)O1. The Balaban J connectivity index is 0.000000181. The Hall–Kier alpha value is -2.84. The summed E-state index contributed by atoms with van der Waals surface area (Å²) in [6, 6.07) is 12.2. The third kappa shape index (κ3) is 5.31. The predicted octanol–water partition coefficient (Wildman–Crippen LogP) is 4.17. The highest BCUT2D eigenvalue weighted by atomic mass is 16.7. The number of aromatic nitrogens is 2. The monoisotopic (exact) mass is 436 g/mol. The van der Waals surface area contributed by atoms with Gasteiger partial charge in [-0.3, -0.25) is 0 Å². The lowest BCUT2D eigenvalue weighted by atomic mass is 9.77. The summed E-state index contributed by atoms with van der Waals surface area (Å²) in [4.78, 5) is 4.11. The van der Waals surface area contributed by atoms with Crippen molar-refractivity contribution < 1.29 is 13.8 Å². The maximum absolute atomic E-state index is 5.95. The number of nitrogens with zero attached hydrogens (tertiary/aromatic N) is 2. The van der Waals surface area contributed by atoms with E-state index in [0.717, 1.165) is 34.7 Å². The molecule has 0 saturated carbocycles. The van der Waals surface area contributed by atoms with E-state index in [1.807, 2.05) is 72.7 Å². The molecule has 0 spiro atoms. The molecular formula is C24H33BN4O3. The second-order valence-electron chi connectivity index (χ2n) is 9.11. The quantitative estimate of drug-likeness (QED) is 0.593. The fraction of sp³-hybridized carbons (Fsp3) is 0.417. The first-order valence-electron chi connectivity index (χ1n) is 10.8. The van der Waals surface area contributed by atoms with Crippen LogP contribution in [0.5, 0.6) is 0 Å². The van der Waals surface area contributed by atoms with Crippen LogP contribution < -0.4 is 16.5 Å². The maximum Gasteiger partial charge on any atom is 0.500 e. The zero-order valence-electron chi connectivity index (χ0n) is 20.0. The number of rotatable bonds is 4. The lowest BCUT2D eigenvalue weighted by molar-refractivity contribution is 0.00578. The van der Waals surface area contributed by atoms with E-state index in [1.165, 1.54) is 5.56 Å². The van der Waals surface area contributed by atoms with Crippen LogP contribution in [0, 0.1) is 20.8 Å². The van der Waals surface area contributed by atoms with E-state index in [0.29, 0.717) is 5.82 Å². The molecule has 1 aliphatic heterocycles. The third-order valence-corrected chi connectivity index (χ3v) is 5.96. The van der Waals surface area contributed by atoms with Crippen molar-refractivity contribution in [3.8, 4) is 0 Å². The smallest absolute Gasteiger partial charge is 0.399 e. The van der Waals surface area contributed by atoms with Gasteiger partial charge in [0.25, 0.3) is 0 Å². The minimum absolute atomic E-state index is 0.326. The third-order valence-electron chi connectivity index (χ3n) is 5.96. The molecular weight excluding hydrogens is 403 g/mol. The highest BCUT2D eigenvalue weighted by Crippen LogP contribution is 2.36. The Morgan fingerprint density at radius 3 is 2.19 bits per heavy atom. The van der Waals surface area contributed by atoms with Gasteiger partial charge in [0.2, 0.25) is 0 Å². The van der Waals surface area contributed by atoms with Gasteiger partial charge in [0.05, 0.1) is 22.6 Å². The molecule has 2 aromatic heterocycles. The first-order chi connectivity index (χ1) is 15.0. The molecule has 4 rings (SSSR count). The summed E-state index contributed by atoms with van der Waals surface area (Å²) < 4.78 is 17.0. The fourth-order valence-electron chi connectivity index (χ4n) is 3.30. The average molecular weight is 436 g/mol. The van der Waals surface area contributed by atoms with E-state index in [-0.39, 0.29) is 18.3 Å². The standard InChI is InChI=1S/C13H15N3.C11H18BNO3/c1-10-7-12(13(14)16-8-10)15-9-11-5-3-2-4-6-11;1-7-9(8(2)14-13-7)12-15-10(3,4)11(5,6)16-12/h2-8,15H,9H2,1H3,(H2,14,16);1-6H3. The van der Waals surface area contributed by atoms with Crippen LogP contribution in [0.3, 0.4) is 0 Å². The summed E-state index contributed by atoms with van der Waals surface area (Å²) in [5.41, 5.74) is 10.1. The Bertz CT molecular complexity index is 1020. The largest absolute Gasteiger partial charge is 0.500 e. The van der Waals surface area contributed by atoms with Crippen molar-refractivity contribution in [2.24, 2.45) is 0 Å². The summed E-state index contributed by atoms with van der Waals surface area (Å²) in [5, 5.41) is 7.20. The summed E-state index contributed by atoms with van der Waals surface area (Å²) >= 11 is 0. The number of nitrogen functional groups attached to an aromatic ring is 1. The van der Waals surface area contributed by atoms with Gasteiger partial charge in [-0.2, -0.15) is 0 Å². The molecule has 3 aromatic rings. The molecule has 1 fully saturated rings. The zero-order chi connectivity index (χ0) is 23.5. The van der Waals surface area contributed by atoms with E-state index < -0.39 is 0 Å². The van der Waals surface area contributed by atoms with Crippen molar-refractivity contribution >= 4 is 24.1 Å². The van der Waals surface area contributed by atoms with Crippen LogP contribution in [-0.2, 0) is 15.9 Å². The Labute approximate surface area is 190 Å². The van der Waals surface area contributed by atoms with Crippen molar-refractivity contribution in [1.82, 2.24) is 10.1 Å². The van der Waals surface area contributed by atoms with Crippen LogP contribution in [0.1, 0.15) is 50.3 Å². The number of aryl methyl sites for hydroxylation is 3. The molecule has 1 aromatic carbocycles. The summed E-state index contributed by atoms with van der Waals surface area (Å²) in [6.07, 6.45) is 1.77. The molecule has 1 saturated heterocycles. The van der Waals surface area contributed by atoms with E-state index >= 15 is 0 Å². The van der Waals surface area contributed by atoms with Crippen LogP contribution in [-0.4, -0.2) is 28.5 Å². The molecule has 3 heterocycles. The van der Waals surface area contributed by atoms with Crippen LogP contribution in [0.4, 0.5) is 11.5 Å². The highest BCUT2D eigenvalue weighted by Gasteiger charge is 2.53. The van der Waals surface area contributed by atoms with Crippen LogP contribution in [0.25, 0.3) is 0 Å². The van der Waals surface area contributed by atoms with E-state index in [4.69, 9.17) is 19.6 Å². The molecule has 1 aliphatic rings. The molecule has 0 bridgehead atoms. The number of hydrogen-bond donors (Lipinski definition) is 2. The van der Waals surface area contributed by atoms with Gasteiger partial charge < -0.3 is 24.9 Å². The summed E-state index contributed by atoms with van der Waals surface area (Å²) in [5.74, 6) is 1.30. The van der Waals surface area contributed by atoms with Crippen molar-refractivity contribution in [3.63, 3.8) is 0 Å². The van der Waals surface area contributed by atoms with Gasteiger partial charge in [-0.05, 0) is 65.7 Å². The number of anilines is 2. The van der Waals surface area contributed by atoms with Gasteiger partial charge in [0.15, 0.2) is 0 Å². The van der Waals surface area contributed by atoms with Crippen molar-refractivity contribution in [2.75, 3.05) is 11.1 Å². The van der Waals surface area contributed by atoms with Gasteiger partial charge in [-0.25, -0.2) is 4.98 Å². The molecule has 170 valence electrons. The number of benzene rings is 1. The first-order valence-corrected chi connectivity index (χ1v) is 10.8. The van der Waals surface area contributed by atoms with E-state index in [1.54, 1.807) is 6.20 Å². The molecule has 0 atom stereocenters. The van der Waals surface area contributed by atoms with Gasteiger partial charge in [-0.1, -0.05) is 35.5 Å². The van der Waals surface area contributed by atoms with Crippen molar-refractivity contribution in [2.45, 2.75) is 66.2 Å². The lowest BCUT2D eigenvalue weighted by Gasteiger charge is -2.32. The zero-order valence-corrected chi connectivity index (χ0v) is 20.0. The molecule has 0 radical (unpaired) electrons. The van der Waals surface area contributed by atoms with Gasteiger partial charge in [0, 0.05) is 18.2 Å². The number of nitrogens with two attached hydrogens (primary N) is 1. The van der Waals surface area contributed by atoms with Crippen LogP contribution >= 0.6 is 0 Å². The fourth-order valence-corrected chi connectivity index (χ4v) is 3.30. The van der Waals surface area contributed by atoms with Crippen LogP contribution in [0.2, 0.25) is 0 Å². The number of nitrogens with one attached hydrogen (secondary N) is 1. The lowest BCUT2D eigenvalue weighted by Crippen LogP contribution is -2.41. The second-order valence-corrected chi connectivity index (χ2v) is 9.11. The van der Waals surface area contributed by atoms with Crippen LogP contribution in [0.15, 0.2) is 47.1 Å². The summed E-state index contributed by atoms with van der Waals surface area (Å²) in [7, 11) is -0.378. The Morgan fingerprint density at radius 1 is 1.00 bits per heavy atom. The Kier molecular flexibility index (Phi) is 6.95. The normalized spacial score (nSPS) is 16.4. The first kappa shape index (κ1) is 23.8. The average Bonchev–Trinajstić information content (AvgIpc) is 3.17. The van der Waals surface area contributed by atoms with Gasteiger partial charge in [-0.15, -0.1) is 0 Å². The van der Waals surface area contributed by atoms with Crippen molar-refractivity contribution in [3.05, 3.63) is 65.2 Å².